The van der Waals surface area contributed by atoms with Gasteiger partial charge in [-0.25, -0.2) is 4.79 Å². The molecule has 0 rings (SSSR count). The predicted octanol–water partition coefficient (Wildman–Crippen LogP) is 4.72. The van der Waals surface area contributed by atoms with Crippen molar-refractivity contribution >= 4 is 23.8 Å². The fourth-order valence-corrected chi connectivity index (χ4v) is 3.74. The first-order chi connectivity index (χ1) is 22.4. The molecule has 2 amide bonds. The molecular weight excluding hydrogens is 588 g/mol. The number of methoxy groups -OCH3 is 1. The Morgan fingerprint density at radius 1 is 0.674 bits per heavy atom. The highest BCUT2D eigenvalue weighted by atomic mass is 16.6. The van der Waals surface area contributed by atoms with Gasteiger partial charge >= 0.3 is 11.9 Å². The van der Waals surface area contributed by atoms with E-state index in [1.54, 1.807) is 0 Å². The monoisotopic (exact) mass is 642 g/mol. The predicted molar refractivity (Wildman–Crippen MR) is 181 cm³/mol. The highest BCUT2D eigenvalue weighted by Gasteiger charge is 2.23. The largest absolute Gasteiger partial charge is 0.466 e. The molecule has 0 bridgehead atoms. The summed E-state index contributed by atoms with van der Waals surface area (Å²) in [7, 11) is 1.19. The molecule has 4 N–H and O–H groups in total. The molecule has 256 valence electrons. The lowest BCUT2D eigenvalue weighted by Gasteiger charge is -2.20. The molecule has 10 heteroatoms. The molecule has 46 heavy (non-hydrogen) atoms. The molecule has 0 radical (unpaired) electrons. The van der Waals surface area contributed by atoms with E-state index in [-0.39, 0.29) is 31.8 Å². The Balaban J connectivity index is 4.30. The van der Waals surface area contributed by atoms with Gasteiger partial charge in [0, 0.05) is 31.7 Å². The van der Waals surface area contributed by atoms with E-state index in [9.17, 15) is 29.4 Å². The second kappa shape index (κ2) is 31.0. The third kappa shape index (κ3) is 26.4. The van der Waals surface area contributed by atoms with Crippen molar-refractivity contribution in [2.45, 2.75) is 77.2 Å². The fraction of sp³-hybridized carbons (Fsp3) is 0.500. The molecule has 0 heterocycles. The minimum atomic E-state index is -1.05. The van der Waals surface area contributed by atoms with Crippen molar-refractivity contribution in [3.05, 3.63) is 85.1 Å². The highest BCUT2D eigenvalue weighted by molar-refractivity contribution is 5.94. The lowest BCUT2D eigenvalue weighted by atomic mass is 10.0. The second-order valence-electron chi connectivity index (χ2n) is 10.1. The summed E-state index contributed by atoms with van der Waals surface area (Å²) in [5.74, 6) is -2.72. The Morgan fingerprint density at radius 2 is 1.15 bits per heavy atom. The average molecular weight is 643 g/mol. The van der Waals surface area contributed by atoms with Crippen LogP contribution in [0.15, 0.2) is 85.1 Å². The van der Waals surface area contributed by atoms with Gasteiger partial charge in [0.05, 0.1) is 26.2 Å². The number of aliphatic hydroxyl groups is 2. The number of ether oxygens (including phenoxy) is 2. The van der Waals surface area contributed by atoms with Crippen LogP contribution in [0, 0.1) is 5.92 Å². The van der Waals surface area contributed by atoms with Gasteiger partial charge in [-0.1, -0.05) is 79.8 Å². The summed E-state index contributed by atoms with van der Waals surface area (Å²) in [6, 6.07) is 0. The van der Waals surface area contributed by atoms with Crippen molar-refractivity contribution < 1.29 is 38.9 Å². The van der Waals surface area contributed by atoms with Crippen LogP contribution >= 0.6 is 0 Å². The van der Waals surface area contributed by atoms with E-state index in [0.29, 0.717) is 12.8 Å². The normalized spacial score (nSPS) is 13.0. The molecule has 10 nitrogen and oxygen atoms in total. The van der Waals surface area contributed by atoms with Crippen LogP contribution in [0.3, 0.4) is 0 Å². The molecular formula is C36H54N2O8. The molecule has 0 spiro atoms. The minimum Gasteiger partial charge on any atom is -0.466 e. The topological polar surface area (TPSA) is 151 Å². The first-order valence-electron chi connectivity index (χ1n) is 16.0. The van der Waals surface area contributed by atoms with Crippen LogP contribution in [-0.2, 0) is 28.7 Å². The van der Waals surface area contributed by atoms with E-state index >= 15 is 0 Å². The number of rotatable bonds is 26. The zero-order valence-electron chi connectivity index (χ0n) is 27.5. The Kier molecular flexibility index (Phi) is 28.3. The zero-order chi connectivity index (χ0) is 34.1. The van der Waals surface area contributed by atoms with E-state index < -0.39 is 43.1 Å². The van der Waals surface area contributed by atoms with Gasteiger partial charge in [0.2, 0.25) is 11.8 Å². The van der Waals surface area contributed by atoms with Gasteiger partial charge in [0.15, 0.2) is 0 Å². The maximum absolute atomic E-state index is 12.6. The Labute approximate surface area is 274 Å². The molecule has 0 aromatic rings. The third-order valence-corrected chi connectivity index (χ3v) is 6.34. The molecule has 0 saturated carbocycles. The molecule has 0 saturated heterocycles. The Bertz CT molecular complexity index is 1050. The van der Waals surface area contributed by atoms with Crippen LogP contribution in [0.25, 0.3) is 0 Å². The van der Waals surface area contributed by atoms with E-state index in [0.717, 1.165) is 50.7 Å². The number of nitrogens with one attached hydrogen (secondary N) is 2. The number of amides is 2. The van der Waals surface area contributed by atoms with Crippen molar-refractivity contribution in [3.8, 4) is 0 Å². The standard InChI is InChI=1S/C36H54N2O8/c1-3-4-5-6-7-8-9-10-11-12-13-14-15-16-17-18-19-20-21-22-33(41)37-27-25-31(36(44)46-32(29-39)30-40)26-28-38-34(42)23-24-35(43)45-2/h4-5,7-8,10-11,13-14,16-17,19-20,23-24,31-32,39-40H,3,6,9,12,15,18,21-22,25-30H2,1-2H3,(H,37,41)(H,38,42)/b5-4-,8-7-,11-10-,14-13-,17-16-,20-19-,24-23+. The summed E-state index contributed by atoms with van der Waals surface area (Å²) in [5, 5.41) is 23.8. The molecule has 1 atom stereocenters. The van der Waals surface area contributed by atoms with Crippen LogP contribution in [0.4, 0.5) is 0 Å². The summed E-state index contributed by atoms with van der Waals surface area (Å²) >= 11 is 0. The molecule has 0 aromatic carbocycles. The summed E-state index contributed by atoms with van der Waals surface area (Å²) in [6.45, 7) is 1.38. The van der Waals surface area contributed by atoms with Crippen molar-refractivity contribution in [1.82, 2.24) is 10.6 Å². The summed E-state index contributed by atoms with van der Waals surface area (Å²) < 4.78 is 9.55. The smallest absolute Gasteiger partial charge is 0.330 e. The number of aliphatic hydroxyl groups excluding tert-OH is 2. The number of allylic oxidation sites excluding steroid dienone is 12. The van der Waals surface area contributed by atoms with E-state index in [2.05, 4.69) is 83.1 Å². The summed E-state index contributed by atoms with van der Waals surface area (Å²) in [4.78, 5) is 47.7. The first kappa shape index (κ1) is 42.0. The van der Waals surface area contributed by atoms with E-state index in [4.69, 9.17) is 4.74 Å². The summed E-state index contributed by atoms with van der Waals surface area (Å²) in [6.07, 6.45) is 33.4. The second-order valence-corrected chi connectivity index (χ2v) is 10.1. The first-order valence-corrected chi connectivity index (χ1v) is 16.0. The molecule has 0 aliphatic heterocycles. The molecule has 0 fully saturated rings. The number of carbonyl (C=O) groups is 4. The molecule has 0 aliphatic carbocycles. The van der Waals surface area contributed by atoms with Gasteiger partial charge in [-0.2, -0.15) is 0 Å². The van der Waals surface area contributed by atoms with Crippen molar-refractivity contribution in [3.63, 3.8) is 0 Å². The minimum absolute atomic E-state index is 0.101. The third-order valence-electron chi connectivity index (χ3n) is 6.34. The highest BCUT2D eigenvalue weighted by Crippen LogP contribution is 2.12. The van der Waals surface area contributed by atoms with Gasteiger partial charge in [-0.15, -0.1) is 0 Å². The van der Waals surface area contributed by atoms with Gasteiger partial charge in [0.1, 0.15) is 6.10 Å². The van der Waals surface area contributed by atoms with Crippen molar-refractivity contribution in [2.24, 2.45) is 5.92 Å². The SMILES string of the molecule is CC/C=C\C/C=C\C/C=C\C/C=C\C/C=C\C/C=C\CCC(=O)NCCC(CCNC(=O)/C=C/C(=O)OC)C(=O)OC(CO)CO. The van der Waals surface area contributed by atoms with E-state index in [1.165, 1.54) is 7.11 Å². The van der Waals surface area contributed by atoms with Crippen LogP contribution in [-0.4, -0.2) is 73.5 Å². The average Bonchev–Trinajstić information content (AvgIpc) is 3.06. The molecule has 1 unspecified atom stereocenters. The van der Waals surface area contributed by atoms with Crippen LogP contribution in [0.1, 0.15) is 71.1 Å². The van der Waals surface area contributed by atoms with Crippen molar-refractivity contribution in [2.75, 3.05) is 33.4 Å². The molecule has 0 aliphatic rings. The fourth-order valence-electron chi connectivity index (χ4n) is 3.74. The van der Waals surface area contributed by atoms with Crippen molar-refractivity contribution in [1.29, 1.82) is 0 Å². The van der Waals surface area contributed by atoms with E-state index in [1.807, 2.05) is 12.2 Å². The van der Waals surface area contributed by atoms with Gasteiger partial charge in [-0.05, 0) is 57.8 Å². The summed E-state index contributed by atoms with van der Waals surface area (Å²) in [5.41, 5.74) is 0. The molecule has 0 aromatic heterocycles. The van der Waals surface area contributed by atoms with Gasteiger partial charge in [-0.3, -0.25) is 14.4 Å². The van der Waals surface area contributed by atoms with Gasteiger partial charge in [0.25, 0.3) is 0 Å². The lowest BCUT2D eigenvalue weighted by molar-refractivity contribution is -0.159. The quantitative estimate of drug-likeness (QED) is 0.0601. The number of hydrogen-bond donors (Lipinski definition) is 4. The maximum Gasteiger partial charge on any atom is 0.330 e. The zero-order valence-corrected chi connectivity index (χ0v) is 27.5. The maximum atomic E-state index is 12.6. The van der Waals surface area contributed by atoms with Crippen LogP contribution < -0.4 is 10.6 Å². The Hall–Kier alpha value is -4.02. The van der Waals surface area contributed by atoms with Crippen LogP contribution in [0.5, 0.6) is 0 Å². The van der Waals surface area contributed by atoms with Crippen LogP contribution in [0.2, 0.25) is 0 Å². The Morgan fingerprint density at radius 3 is 1.63 bits per heavy atom. The lowest BCUT2D eigenvalue weighted by Crippen LogP contribution is -2.34. The number of hydrogen-bond acceptors (Lipinski definition) is 8. The number of carbonyl (C=O) groups excluding carboxylic acids is 4. The van der Waals surface area contributed by atoms with Gasteiger partial charge < -0.3 is 30.3 Å². The number of esters is 2.